The van der Waals surface area contributed by atoms with Gasteiger partial charge in [-0.2, -0.15) is 14.8 Å². The molecule has 0 rings (SSSR count). The van der Waals surface area contributed by atoms with Crippen LogP contribution in [0.1, 0.15) is 71.1 Å². The minimum atomic E-state index is -4.26. The molecule has 0 unspecified atom stereocenters. The van der Waals surface area contributed by atoms with Crippen LogP contribution in [0.4, 0.5) is 0 Å². The minimum Gasteiger partial charge on any atom is -0.382 e. The molecule has 0 aromatic rings. The molecule has 140 valence electrons. The van der Waals surface area contributed by atoms with Gasteiger partial charge in [-0.05, 0) is 13.3 Å². The van der Waals surface area contributed by atoms with E-state index in [1.807, 2.05) is 0 Å². The van der Waals surface area contributed by atoms with E-state index < -0.39 is 10.4 Å². The molecule has 0 aliphatic carbocycles. The quantitative estimate of drug-likeness (QED) is 0.155. The van der Waals surface area contributed by atoms with Crippen molar-refractivity contribution in [1.82, 2.24) is 0 Å². The fourth-order valence-corrected chi connectivity index (χ4v) is 2.16. The predicted molar refractivity (Wildman–Crippen MR) is 95.7 cm³/mol. The molecule has 24 heavy (non-hydrogen) atoms. The number of rotatable bonds is 15. The van der Waals surface area contributed by atoms with Gasteiger partial charge in [0.15, 0.2) is 0 Å². The van der Waals surface area contributed by atoms with E-state index in [2.05, 4.69) is 24.6 Å². The molecule has 0 atom stereocenters. The Morgan fingerprint density at radius 1 is 1.00 bits per heavy atom. The van der Waals surface area contributed by atoms with Crippen molar-refractivity contribution in [1.29, 1.82) is 0 Å². The maximum absolute atomic E-state index is 9.68. The zero-order valence-electron chi connectivity index (χ0n) is 15.7. The Morgan fingerprint density at radius 2 is 1.46 bits per heavy atom. The van der Waals surface area contributed by atoms with E-state index >= 15 is 0 Å². The zero-order chi connectivity index (χ0) is 17.8. The average Bonchev–Trinajstić information content (AvgIpc) is 2.50. The molecule has 0 bridgehead atoms. The predicted octanol–water partition coefficient (Wildman–Crippen LogP) is 1.75. The molecule has 0 aliphatic rings. The molecular formula is C17H35NaO5S. The summed E-state index contributed by atoms with van der Waals surface area (Å²) in [4.78, 5) is 0. The second-order valence-electron chi connectivity index (χ2n) is 5.23. The molecule has 1 N–H and O–H groups in total. The summed E-state index contributed by atoms with van der Waals surface area (Å²) >= 11 is 0. The van der Waals surface area contributed by atoms with Crippen molar-refractivity contribution in [2.45, 2.75) is 71.1 Å². The number of hydrogen-bond donors (Lipinski definition) is 1. The van der Waals surface area contributed by atoms with Gasteiger partial charge in [0.1, 0.15) is 0 Å². The van der Waals surface area contributed by atoms with Crippen molar-refractivity contribution >= 4 is 10.4 Å². The van der Waals surface area contributed by atoms with Crippen molar-refractivity contribution in [2.75, 3.05) is 19.8 Å². The van der Waals surface area contributed by atoms with Crippen LogP contribution in [0.25, 0.3) is 0 Å². The second kappa shape index (κ2) is 23.6. The zero-order valence-corrected chi connectivity index (χ0v) is 18.5. The number of ether oxygens (including phenoxy) is 1. The number of hydrogen-bond acceptors (Lipinski definition) is 4. The standard InChI is InChI=1S/C14H29O.C3H6O4S.Na/c1-3-5-6-7-8-9-10-11-12-13-14-15-4-2;1-2-3-7-8(4,5)6;/h1,3-14H2,2H3;2H,1,3H2,(H,4,5,6);/q-1;;+1. The Morgan fingerprint density at radius 3 is 1.79 bits per heavy atom. The van der Waals surface area contributed by atoms with Crippen LogP contribution in [0, 0.1) is 6.92 Å². The van der Waals surface area contributed by atoms with Gasteiger partial charge in [0.25, 0.3) is 0 Å². The first-order valence-electron chi connectivity index (χ1n) is 8.57. The maximum atomic E-state index is 9.68. The summed E-state index contributed by atoms with van der Waals surface area (Å²) in [6.45, 7) is 10.7. The summed E-state index contributed by atoms with van der Waals surface area (Å²) in [6.07, 6.45) is 14.7. The van der Waals surface area contributed by atoms with E-state index in [1.165, 1.54) is 63.9 Å². The molecule has 0 aromatic heterocycles. The van der Waals surface area contributed by atoms with E-state index in [0.717, 1.165) is 19.6 Å². The van der Waals surface area contributed by atoms with Crippen LogP contribution in [-0.4, -0.2) is 32.8 Å². The Labute approximate surface area is 171 Å². The van der Waals surface area contributed by atoms with Crippen molar-refractivity contribution in [2.24, 2.45) is 0 Å². The van der Waals surface area contributed by atoms with Crippen LogP contribution in [-0.2, 0) is 19.3 Å². The van der Waals surface area contributed by atoms with Gasteiger partial charge in [0, 0.05) is 13.2 Å². The Bertz CT molecular complexity index is 322. The molecule has 0 saturated carbocycles. The fraction of sp³-hybridized carbons (Fsp3) is 0.824. The van der Waals surface area contributed by atoms with Gasteiger partial charge in [-0.1, -0.05) is 57.4 Å². The van der Waals surface area contributed by atoms with Gasteiger partial charge in [-0.15, -0.1) is 6.58 Å². The van der Waals surface area contributed by atoms with Crippen LogP contribution in [0.15, 0.2) is 12.7 Å². The SMILES string of the molecule is C=CCOS(=O)(=O)O.[CH2-]CCCCCCCCCCCOCC.[Na+]. The monoisotopic (exact) mass is 374 g/mol. The summed E-state index contributed by atoms with van der Waals surface area (Å²) in [7, 11) is -4.26. The molecule has 0 aliphatic heterocycles. The van der Waals surface area contributed by atoms with Gasteiger partial charge in [-0.25, -0.2) is 4.18 Å². The number of unbranched alkanes of at least 4 members (excludes halogenated alkanes) is 9. The van der Waals surface area contributed by atoms with Gasteiger partial charge in [0.2, 0.25) is 0 Å². The van der Waals surface area contributed by atoms with Crippen molar-refractivity contribution in [3.63, 3.8) is 0 Å². The van der Waals surface area contributed by atoms with Crippen molar-refractivity contribution in [3.8, 4) is 0 Å². The summed E-state index contributed by atoms with van der Waals surface area (Å²) < 4.78 is 36.3. The molecule has 0 saturated heterocycles. The molecule has 7 heteroatoms. The van der Waals surface area contributed by atoms with Gasteiger partial charge >= 0.3 is 40.0 Å². The van der Waals surface area contributed by atoms with Crippen molar-refractivity contribution < 1.29 is 51.4 Å². The molecule has 0 aromatic carbocycles. The van der Waals surface area contributed by atoms with E-state index in [1.54, 1.807) is 0 Å². The summed E-state index contributed by atoms with van der Waals surface area (Å²) in [6, 6.07) is 0. The normalized spacial score (nSPS) is 10.5. The van der Waals surface area contributed by atoms with Gasteiger partial charge in [0.05, 0.1) is 6.61 Å². The van der Waals surface area contributed by atoms with Crippen LogP contribution < -0.4 is 29.6 Å². The third-order valence-electron chi connectivity index (χ3n) is 3.08. The third kappa shape index (κ3) is 34.0. The molecule has 0 spiro atoms. The van der Waals surface area contributed by atoms with Gasteiger partial charge < -0.3 is 11.7 Å². The summed E-state index contributed by atoms with van der Waals surface area (Å²) in [5.41, 5.74) is 0. The van der Waals surface area contributed by atoms with E-state index in [-0.39, 0.29) is 36.2 Å². The average molecular weight is 375 g/mol. The smallest absolute Gasteiger partial charge is 0.382 e. The van der Waals surface area contributed by atoms with Crippen LogP contribution in [0.5, 0.6) is 0 Å². The first-order valence-corrected chi connectivity index (χ1v) is 9.94. The second-order valence-corrected chi connectivity index (χ2v) is 6.32. The Kier molecular flexibility index (Phi) is 28.8. The third-order valence-corrected chi connectivity index (χ3v) is 3.51. The summed E-state index contributed by atoms with van der Waals surface area (Å²) in [5.74, 6) is 0. The van der Waals surface area contributed by atoms with Crippen LogP contribution >= 0.6 is 0 Å². The largest absolute Gasteiger partial charge is 1.00 e. The van der Waals surface area contributed by atoms with Crippen LogP contribution in [0.3, 0.4) is 0 Å². The van der Waals surface area contributed by atoms with E-state index in [9.17, 15) is 8.42 Å². The molecule has 0 fully saturated rings. The molecule has 0 amide bonds. The van der Waals surface area contributed by atoms with Gasteiger partial charge in [-0.3, -0.25) is 4.55 Å². The first-order chi connectivity index (χ1) is 11.0. The van der Waals surface area contributed by atoms with Crippen LogP contribution in [0.2, 0.25) is 0 Å². The Hall–Kier alpha value is 0.570. The van der Waals surface area contributed by atoms with Crippen molar-refractivity contribution in [3.05, 3.63) is 19.6 Å². The molecule has 5 nitrogen and oxygen atoms in total. The Balaban J connectivity index is -0.000000419. The molecule has 0 heterocycles. The molecule has 0 radical (unpaired) electrons. The molecular weight excluding hydrogens is 339 g/mol. The first kappa shape index (κ1) is 29.3. The minimum absolute atomic E-state index is 0. The topological polar surface area (TPSA) is 72.8 Å². The van der Waals surface area contributed by atoms with E-state index in [0.29, 0.717) is 0 Å². The van der Waals surface area contributed by atoms with E-state index in [4.69, 9.17) is 9.29 Å². The maximum Gasteiger partial charge on any atom is 1.00 e. The fourth-order valence-electron chi connectivity index (χ4n) is 1.90. The summed E-state index contributed by atoms with van der Waals surface area (Å²) in [5, 5.41) is 0.